The third kappa shape index (κ3) is 1.77. The number of aliphatic carboxylic acids is 1. The van der Waals surface area contributed by atoms with E-state index < -0.39 is 5.97 Å². The molecule has 0 aromatic carbocycles. The van der Waals surface area contributed by atoms with Crippen LogP contribution in [0.15, 0.2) is 22.9 Å². The summed E-state index contributed by atoms with van der Waals surface area (Å²) in [4.78, 5) is 17.5. The fraction of sp³-hybridized carbons (Fsp3) is 0.385. The van der Waals surface area contributed by atoms with Crippen molar-refractivity contribution in [1.29, 1.82) is 0 Å². The molecule has 4 rings (SSSR count). The second-order valence-corrected chi connectivity index (χ2v) is 5.93. The Kier molecular flexibility index (Phi) is 2.64. The zero-order chi connectivity index (χ0) is 13.7. The van der Waals surface area contributed by atoms with E-state index in [1.165, 1.54) is 5.57 Å². The standard InChI is InChI=1S/C13H13N3O3S/c17-13(18)10-7-20-12-8(4-16(10)12)3-9-5-15-1-2-19-6-11(15)14-9/h3,5,7,12H,1-2,4,6H2,(H,17,18)/b8-3-/t12-/m1/s1. The molecular weight excluding hydrogens is 278 g/mol. The first-order chi connectivity index (χ1) is 9.72. The van der Waals surface area contributed by atoms with Crippen LogP contribution in [0.4, 0.5) is 0 Å². The molecule has 6 nitrogen and oxygen atoms in total. The Labute approximate surface area is 119 Å². The van der Waals surface area contributed by atoms with E-state index in [1.807, 2.05) is 11.1 Å². The number of thioether (sulfide) groups is 1. The summed E-state index contributed by atoms with van der Waals surface area (Å²) >= 11 is 1.55. The van der Waals surface area contributed by atoms with Crippen molar-refractivity contribution >= 4 is 23.8 Å². The molecule has 7 heteroatoms. The van der Waals surface area contributed by atoms with Gasteiger partial charge in [0, 0.05) is 24.7 Å². The molecule has 1 atom stereocenters. The topological polar surface area (TPSA) is 67.6 Å². The van der Waals surface area contributed by atoms with E-state index >= 15 is 0 Å². The summed E-state index contributed by atoms with van der Waals surface area (Å²) < 4.78 is 7.49. The number of carbonyl (C=O) groups is 1. The Morgan fingerprint density at radius 2 is 2.50 bits per heavy atom. The van der Waals surface area contributed by atoms with Crippen LogP contribution in [0.1, 0.15) is 11.5 Å². The van der Waals surface area contributed by atoms with Crippen molar-refractivity contribution in [1.82, 2.24) is 14.5 Å². The Morgan fingerprint density at radius 3 is 3.30 bits per heavy atom. The normalized spacial score (nSPS) is 26.0. The molecule has 0 saturated carbocycles. The van der Waals surface area contributed by atoms with Crippen molar-refractivity contribution in [2.24, 2.45) is 0 Å². The van der Waals surface area contributed by atoms with Crippen molar-refractivity contribution in [3.05, 3.63) is 34.4 Å². The van der Waals surface area contributed by atoms with Crippen LogP contribution in [0.3, 0.4) is 0 Å². The van der Waals surface area contributed by atoms with Gasteiger partial charge in [-0.1, -0.05) is 0 Å². The molecule has 0 unspecified atom stereocenters. The molecule has 1 fully saturated rings. The maximum Gasteiger partial charge on any atom is 0.352 e. The lowest BCUT2D eigenvalue weighted by molar-refractivity contribution is -0.134. The van der Waals surface area contributed by atoms with Crippen molar-refractivity contribution in [3.8, 4) is 0 Å². The zero-order valence-corrected chi connectivity index (χ0v) is 11.5. The lowest BCUT2D eigenvalue weighted by Crippen LogP contribution is -2.45. The van der Waals surface area contributed by atoms with Gasteiger partial charge >= 0.3 is 5.97 Å². The van der Waals surface area contributed by atoms with Crippen LogP contribution in [0, 0.1) is 0 Å². The molecule has 0 aliphatic carbocycles. The molecule has 1 aromatic rings. The van der Waals surface area contributed by atoms with Crippen LogP contribution < -0.4 is 0 Å². The smallest absolute Gasteiger partial charge is 0.352 e. The first kappa shape index (κ1) is 12.0. The molecule has 0 bridgehead atoms. The van der Waals surface area contributed by atoms with E-state index in [0.29, 0.717) is 18.8 Å². The Hall–Kier alpha value is -1.73. The largest absolute Gasteiger partial charge is 0.477 e. The molecule has 20 heavy (non-hydrogen) atoms. The molecule has 3 aliphatic heterocycles. The monoisotopic (exact) mass is 291 g/mol. The van der Waals surface area contributed by atoms with Gasteiger partial charge in [0.1, 0.15) is 23.5 Å². The fourth-order valence-electron chi connectivity index (χ4n) is 2.68. The quantitative estimate of drug-likeness (QED) is 0.880. The van der Waals surface area contributed by atoms with Crippen LogP contribution in [-0.4, -0.2) is 44.1 Å². The Morgan fingerprint density at radius 1 is 1.60 bits per heavy atom. The number of nitrogens with zero attached hydrogens (tertiary/aromatic N) is 3. The summed E-state index contributed by atoms with van der Waals surface area (Å²) in [6.07, 6.45) is 4.11. The highest BCUT2D eigenvalue weighted by atomic mass is 32.2. The maximum absolute atomic E-state index is 11.0. The average Bonchev–Trinajstić information content (AvgIpc) is 2.96. The lowest BCUT2D eigenvalue weighted by atomic mass is 10.1. The molecule has 3 aliphatic rings. The molecule has 104 valence electrons. The van der Waals surface area contributed by atoms with Crippen molar-refractivity contribution in [2.75, 3.05) is 13.2 Å². The van der Waals surface area contributed by atoms with E-state index in [-0.39, 0.29) is 5.37 Å². The van der Waals surface area contributed by atoms with Crippen LogP contribution in [-0.2, 0) is 22.7 Å². The van der Waals surface area contributed by atoms with E-state index in [1.54, 1.807) is 17.2 Å². The minimum atomic E-state index is -0.853. The molecule has 1 aromatic heterocycles. The number of rotatable bonds is 2. The number of hydrogen-bond acceptors (Lipinski definition) is 5. The van der Waals surface area contributed by atoms with Gasteiger partial charge in [-0.3, -0.25) is 0 Å². The van der Waals surface area contributed by atoms with Crippen LogP contribution in [0.2, 0.25) is 0 Å². The molecule has 1 saturated heterocycles. The van der Waals surface area contributed by atoms with Gasteiger partial charge in [-0.25, -0.2) is 9.78 Å². The SMILES string of the molecule is O=C(O)C1=CS[C@@H]2/C(=C\c3cn4c(n3)COCC4)CN12. The van der Waals surface area contributed by atoms with E-state index in [0.717, 1.165) is 24.7 Å². The third-order valence-electron chi connectivity index (χ3n) is 3.71. The summed E-state index contributed by atoms with van der Waals surface area (Å²) in [6, 6.07) is 0. The number of hydrogen-bond donors (Lipinski definition) is 1. The molecular formula is C13H13N3O3S. The van der Waals surface area contributed by atoms with Gasteiger partial charge in [-0.2, -0.15) is 0 Å². The van der Waals surface area contributed by atoms with Gasteiger partial charge in [-0.05, 0) is 11.6 Å². The predicted octanol–water partition coefficient (Wildman–Crippen LogP) is 1.11. The minimum Gasteiger partial charge on any atom is -0.477 e. The highest BCUT2D eigenvalue weighted by Crippen LogP contribution is 2.43. The van der Waals surface area contributed by atoms with Gasteiger partial charge in [-0.15, -0.1) is 11.8 Å². The Balaban J connectivity index is 1.53. The van der Waals surface area contributed by atoms with E-state index in [4.69, 9.17) is 9.84 Å². The summed E-state index contributed by atoms with van der Waals surface area (Å²) in [5.74, 6) is 0.108. The average molecular weight is 291 g/mol. The number of carboxylic acid groups (broad SMARTS) is 1. The lowest BCUT2D eigenvalue weighted by Gasteiger charge is -2.39. The highest BCUT2D eigenvalue weighted by Gasteiger charge is 2.41. The van der Waals surface area contributed by atoms with Gasteiger partial charge in [0.2, 0.25) is 0 Å². The Bertz CT molecular complexity index is 626. The molecule has 1 N–H and O–H groups in total. The maximum atomic E-state index is 11.0. The van der Waals surface area contributed by atoms with Gasteiger partial charge in [0.25, 0.3) is 0 Å². The second-order valence-electron chi connectivity index (χ2n) is 4.97. The van der Waals surface area contributed by atoms with Crippen LogP contribution in [0.5, 0.6) is 0 Å². The van der Waals surface area contributed by atoms with Crippen LogP contribution in [0.25, 0.3) is 6.08 Å². The van der Waals surface area contributed by atoms with Gasteiger partial charge in [0.15, 0.2) is 0 Å². The number of ether oxygens (including phenoxy) is 1. The summed E-state index contributed by atoms with van der Waals surface area (Å²) in [6.45, 7) is 2.82. The van der Waals surface area contributed by atoms with Gasteiger partial charge < -0.3 is 19.3 Å². The summed E-state index contributed by atoms with van der Waals surface area (Å²) in [7, 11) is 0. The molecule has 0 amide bonds. The second kappa shape index (κ2) is 4.39. The van der Waals surface area contributed by atoms with Crippen molar-refractivity contribution < 1.29 is 14.6 Å². The third-order valence-corrected chi connectivity index (χ3v) is 4.88. The predicted molar refractivity (Wildman–Crippen MR) is 73.7 cm³/mol. The molecule has 0 spiro atoms. The number of imidazole rings is 1. The van der Waals surface area contributed by atoms with Crippen LogP contribution >= 0.6 is 11.8 Å². The van der Waals surface area contributed by atoms with Gasteiger partial charge in [0.05, 0.1) is 12.3 Å². The van der Waals surface area contributed by atoms with Crippen molar-refractivity contribution in [3.63, 3.8) is 0 Å². The minimum absolute atomic E-state index is 0.135. The van der Waals surface area contributed by atoms with E-state index in [9.17, 15) is 4.79 Å². The number of aromatic nitrogens is 2. The number of fused-ring (bicyclic) bond motifs is 2. The zero-order valence-electron chi connectivity index (χ0n) is 10.7. The summed E-state index contributed by atoms with van der Waals surface area (Å²) in [5.41, 5.74) is 2.55. The van der Waals surface area contributed by atoms with E-state index in [2.05, 4.69) is 15.6 Å². The number of carboxylic acids is 1. The highest BCUT2D eigenvalue weighted by molar-refractivity contribution is 8.03. The summed E-state index contributed by atoms with van der Waals surface area (Å²) in [5, 5.41) is 10.9. The first-order valence-electron chi connectivity index (χ1n) is 6.42. The fourth-order valence-corrected chi connectivity index (χ4v) is 3.82. The van der Waals surface area contributed by atoms with Crippen molar-refractivity contribution in [2.45, 2.75) is 18.5 Å². The first-order valence-corrected chi connectivity index (χ1v) is 7.36. The molecule has 4 heterocycles. The molecule has 0 radical (unpaired) electrons.